The Balaban J connectivity index is 2.65. The van der Waals surface area contributed by atoms with Crippen molar-refractivity contribution in [2.75, 3.05) is 44.0 Å². The first-order valence-corrected chi connectivity index (χ1v) is 4.70. The van der Waals surface area contributed by atoms with E-state index in [1.807, 2.05) is 4.90 Å². The minimum atomic E-state index is 0.0652. The van der Waals surface area contributed by atoms with Crippen LogP contribution in [-0.2, 0) is 4.74 Å². The van der Waals surface area contributed by atoms with Gasteiger partial charge in [0.15, 0.2) is 0 Å². The number of nitrogen functional groups attached to an aromatic ring is 1. The Kier molecular flexibility index (Phi) is 4.79. The molecule has 0 aromatic carbocycles. The number of aliphatic hydroxyl groups excluding tert-OH is 1. The minimum Gasteiger partial charge on any atom is -0.395 e. The fraction of sp³-hybridized carbons (Fsp3) is 0.556. The summed E-state index contributed by atoms with van der Waals surface area (Å²) >= 11 is 0. The third-order valence-electron chi connectivity index (χ3n) is 1.92. The summed E-state index contributed by atoms with van der Waals surface area (Å²) in [4.78, 5) is 9.95. The van der Waals surface area contributed by atoms with Crippen molar-refractivity contribution < 1.29 is 9.84 Å². The number of nitrogens with two attached hydrogens (primary N) is 1. The zero-order valence-electron chi connectivity index (χ0n) is 8.76. The summed E-state index contributed by atoms with van der Waals surface area (Å²) in [5.74, 6) is 1.07. The number of ether oxygens (including phenoxy) is 1. The van der Waals surface area contributed by atoms with Crippen LogP contribution in [0.5, 0.6) is 0 Å². The van der Waals surface area contributed by atoms with Gasteiger partial charge >= 0.3 is 0 Å². The monoisotopic (exact) mass is 212 g/mol. The summed E-state index contributed by atoms with van der Waals surface area (Å²) in [5, 5.41) is 8.90. The van der Waals surface area contributed by atoms with Gasteiger partial charge in [-0.25, -0.2) is 9.97 Å². The van der Waals surface area contributed by atoms with Crippen molar-refractivity contribution in [3.8, 4) is 0 Å². The summed E-state index contributed by atoms with van der Waals surface area (Å²) in [6.45, 7) is 1.81. The first-order valence-electron chi connectivity index (χ1n) is 4.70. The second kappa shape index (κ2) is 6.15. The quantitative estimate of drug-likeness (QED) is 0.661. The molecular formula is C9H16N4O2. The van der Waals surface area contributed by atoms with Crippen LogP contribution < -0.4 is 10.6 Å². The molecule has 0 fully saturated rings. The lowest BCUT2D eigenvalue weighted by molar-refractivity contribution is 0.202. The Morgan fingerprint density at radius 2 is 2.20 bits per heavy atom. The van der Waals surface area contributed by atoms with E-state index >= 15 is 0 Å². The highest BCUT2D eigenvalue weighted by Crippen LogP contribution is 2.08. The van der Waals surface area contributed by atoms with E-state index < -0.39 is 0 Å². The highest BCUT2D eigenvalue weighted by molar-refractivity contribution is 5.39. The fourth-order valence-electron chi connectivity index (χ4n) is 1.16. The summed E-state index contributed by atoms with van der Waals surface area (Å²) in [6, 6.07) is 0. The average molecular weight is 212 g/mol. The van der Waals surface area contributed by atoms with E-state index in [0.29, 0.717) is 31.3 Å². The minimum absolute atomic E-state index is 0.0652. The molecule has 1 aromatic heterocycles. The standard InChI is InChI=1S/C9H16N4O2/c1-15-5-3-13(2-4-14)9-7-11-8(10)6-12-9/h6-7,14H,2-5H2,1H3,(H2,10,11). The molecule has 15 heavy (non-hydrogen) atoms. The molecule has 6 nitrogen and oxygen atoms in total. The number of nitrogens with zero attached hydrogens (tertiary/aromatic N) is 3. The second-order valence-corrected chi connectivity index (χ2v) is 3.00. The van der Waals surface area contributed by atoms with Crippen molar-refractivity contribution in [1.82, 2.24) is 9.97 Å². The molecular weight excluding hydrogens is 196 g/mol. The van der Waals surface area contributed by atoms with Crippen molar-refractivity contribution in [3.05, 3.63) is 12.4 Å². The number of aliphatic hydroxyl groups is 1. The van der Waals surface area contributed by atoms with E-state index in [0.717, 1.165) is 0 Å². The molecule has 84 valence electrons. The van der Waals surface area contributed by atoms with Gasteiger partial charge < -0.3 is 20.5 Å². The lowest BCUT2D eigenvalue weighted by Crippen LogP contribution is -2.31. The van der Waals surface area contributed by atoms with Gasteiger partial charge in [-0.15, -0.1) is 0 Å². The molecule has 1 aromatic rings. The predicted octanol–water partition coefficient (Wildman–Crippen LogP) is -0.496. The Labute approximate surface area is 88.7 Å². The molecule has 0 aliphatic heterocycles. The van der Waals surface area contributed by atoms with Gasteiger partial charge in [-0.3, -0.25) is 0 Å². The van der Waals surface area contributed by atoms with Gasteiger partial charge in [-0.1, -0.05) is 0 Å². The maximum atomic E-state index is 8.90. The van der Waals surface area contributed by atoms with Crippen LogP contribution in [-0.4, -0.2) is 48.5 Å². The smallest absolute Gasteiger partial charge is 0.147 e. The number of aromatic nitrogens is 2. The molecule has 1 heterocycles. The molecule has 3 N–H and O–H groups in total. The third kappa shape index (κ3) is 3.69. The zero-order chi connectivity index (χ0) is 11.1. The van der Waals surface area contributed by atoms with Gasteiger partial charge in [0.1, 0.15) is 11.6 Å². The van der Waals surface area contributed by atoms with Crippen LogP contribution >= 0.6 is 0 Å². The highest BCUT2D eigenvalue weighted by Gasteiger charge is 2.06. The van der Waals surface area contributed by atoms with E-state index in [4.69, 9.17) is 15.6 Å². The van der Waals surface area contributed by atoms with Crippen molar-refractivity contribution >= 4 is 11.6 Å². The zero-order valence-corrected chi connectivity index (χ0v) is 8.76. The molecule has 0 bridgehead atoms. The summed E-state index contributed by atoms with van der Waals surface area (Å²) in [5.41, 5.74) is 5.43. The van der Waals surface area contributed by atoms with Crippen molar-refractivity contribution in [1.29, 1.82) is 0 Å². The molecule has 6 heteroatoms. The molecule has 0 aliphatic carbocycles. The Hall–Kier alpha value is -1.40. The van der Waals surface area contributed by atoms with E-state index in [1.165, 1.54) is 6.20 Å². The number of hydrogen-bond donors (Lipinski definition) is 2. The number of hydrogen-bond acceptors (Lipinski definition) is 6. The number of methoxy groups -OCH3 is 1. The Morgan fingerprint density at radius 3 is 2.73 bits per heavy atom. The van der Waals surface area contributed by atoms with E-state index in [1.54, 1.807) is 13.3 Å². The van der Waals surface area contributed by atoms with Gasteiger partial charge in [-0.2, -0.15) is 0 Å². The van der Waals surface area contributed by atoms with E-state index in [-0.39, 0.29) is 6.61 Å². The van der Waals surface area contributed by atoms with Gasteiger partial charge in [0.05, 0.1) is 25.6 Å². The third-order valence-corrected chi connectivity index (χ3v) is 1.92. The van der Waals surface area contributed by atoms with Crippen LogP contribution in [0.25, 0.3) is 0 Å². The maximum absolute atomic E-state index is 8.90. The molecule has 0 amide bonds. The summed E-state index contributed by atoms with van der Waals surface area (Å²) in [7, 11) is 1.63. The average Bonchev–Trinajstić information content (AvgIpc) is 2.25. The summed E-state index contributed by atoms with van der Waals surface area (Å²) in [6.07, 6.45) is 3.08. The SMILES string of the molecule is COCCN(CCO)c1cnc(N)cn1. The molecule has 0 atom stereocenters. The molecule has 0 spiro atoms. The molecule has 0 unspecified atom stereocenters. The van der Waals surface area contributed by atoms with Gasteiger partial charge in [0, 0.05) is 20.2 Å². The van der Waals surface area contributed by atoms with Gasteiger partial charge in [0.25, 0.3) is 0 Å². The number of anilines is 2. The molecule has 0 aliphatic rings. The molecule has 0 saturated carbocycles. The van der Waals surface area contributed by atoms with Crippen molar-refractivity contribution in [2.24, 2.45) is 0 Å². The highest BCUT2D eigenvalue weighted by atomic mass is 16.5. The largest absolute Gasteiger partial charge is 0.395 e. The maximum Gasteiger partial charge on any atom is 0.147 e. The van der Waals surface area contributed by atoms with Gasteiger partial charge in [-0.05, 0) is 0 Å². The molecule has 0 radical (unpaired) electrons. The van der Waals surface area contributed by atoms with Crippen molar-refractivity contribution in [3.63, 3.8) is 0 Å². The molecule has 0 saturated heterocycles. The predicted molar refractivity (Wildman–Crippen MR) is 57.6 cm³/mol. The molecule has 1 rings (SSSR count). The van der Waals surface area contributed by atoms with E-state index in [2.05, 4.69) is 9.97 Å². The number of rotatable bonds is 6. The van der Waals surface area contributed by atoms with Crippen LogP contribution in [0.1, 0.15) is 0 Å². The topological polar surface area (TPSA) is 84.5 Å². The first-order chi connectivity index (χ1) is 7.27. The second-order valence-electron chi connectivity index (χ2n) is 3.00. The van der Waals surface area contributed by atoms with Crippen LogP contribution in [0.2, 0.25) is 0 Å². The van der Waals surface area contributed by atoms with Crippen LogP contribution in [0.15, 0.2) is 12.4 Å². The van der Waals surface area contributed by atoms with E-state index in [9.17, 15) is 0 Å². The lowest BCUT2D eigenvalue weighted by Gasteiger charge is -2.21. The van der Waals surface area contributed by atoms with Crippen LogP contribution in [0.3, 0.4) is 0 Å². The fourth-order valence-corrected chi connectivity index (χ4v) is 1.16. The van der Waals surface area contributed by atoms with Crippen LogP contribution in [0, 0.1) is 0 Å². The summed E-state index contributed by atoms with van der Waals surface area (Å²) < 4.78 is 4.97. The normalized spacial score (nSPS) is 10.3. The first kappa shape index (κ1) is 11.7. The van der Waals surface area contributed by atoms with Crippen molar-refractivity contribution in [2.45, 2.75) is 0 Å². The van der Waals surface area contributed by atoms with Gasteiger partial charge in [0.2, 0.25) is 0 Å². The Morgan fingerprint density at radius 1 is 1.40 bits per heavy atom. The van der Waals surface area contributed by atoms with Crippen LogP contribution in [0.4, 0.5) is 11.6 Å². The lowest BCUT2D eigenvalue weighted by atomic mass is 10.4. The Bertz CT molecular complexity index is 278.